The Kier molecular flexibility index (Phi) is 7.03. The first-order valence-corrected chi connectivity index (χ1v) is 9.74. The minimum atomic E-state index is -0.522. The van der Waals surface area contributed by atoms with Crippen LogP contribution in [-0.2, 0) is 4.74 Å². The van der Waals surface area contributed by atoms with Gasteiger partial charge in [-0.2, -0.15) is 0 Å². The number of amides is 1. The molecule has 0 radical (unpaired) electrons. The minimum Gasteiger partial charge on any atom is -0.496 e. The Hall–Kier alpha value is -2.95. The van der Waals surface area contributed by atoms with E-state index in [9.17, 15) is 14.9 Å². The number of nitro groups is 1. The van der Waals surface area contributed by atoms with Crippen LogP contribution in [0, 0.1) is 10.1 Å². The van der Waals surface area contributed by atoms with Gasteiger partial charge in [0.1, 0.15) is 11.4 Å². The highest BCUT2D eigenvalue weighted by molar-refractivity contribution is 7.80. The van der Waals surface area contributed by atoms with E-state index in [1.54, 1.807) is 24.3 Å². The number of nitrogens with one attached hydrogen (secondary N) is 2. The number of nitro benzene ring substituents is 1. The summed E-state index contributed by atoms with van der Waals surface area (Å²) < 4.78 is 10.5. The zero-order valence-corrected chi connectivity index (χ0v) is 17.6. The third-order valence-corrected chi connectivity index (χ3v) is 4.85. The molecule has 2 aromatic rings. The molecule has 9 nitrogen and oxygen atoms in total. The topological polar surface area (TPSA) is 106 Å². The van der Waals surface area contributed by atoms with Crippen LogP contribution < -0.4 is 20.3 Å². The highest BCUT2D eigenvalue weighted by Crippen LogP contribution is 2.31. The summed E-state index contributed by atoms with van der Waals surface area (Å²) in [6.07, 6.45) is 0. The number of rotatable bonds is 5. The largest absolute Gasteiger partial charge is 0.496 e. The molecule has 158 valence electrons. The average molecular weight is 451 g/mol. The van der Waals surface area contributed by atoms with Crippen LogP contribution in [0.25, 0.3) is 0 Å². The number of carbonyl (C=O) groups is 1. The van der Waals surface area contributed by atoms with Crippen LogP contribution >= 0.6 is 23.8 Å². The second-order valence-corrected chi connectivity index (χ2v) is 7.16. The van der Waals surface area contributed by atoms with E-state index >= 15 is 0 Å². The zero-order chi connectivity index (χ0) is 21.7. The molecule has 0 atom stereocenters. The van der Waals surface area contributed by atoms with Crippen molar-refractivity contribution in [1.29, 1.82) is 0 Å². The second kappa shape index (κ2) is 9.70. The maximum atomic E-state index is 12.5. The average Bonchev–Trinajstić information content (AvgIpc) is 2.74. The van der Waals surface area contributed by atoms with Crippen molar-refractivity contribution in [3.63, 3.8) is 0 Å². The normalized spacial score (nSPS) is 13.5. The maximum Gasteiger partial charge on any atom is 0.294 e. The maximum absolute atomic E-state index is 12.5. The summed E-state index contributed by atoms with van der Waals surface area (Å²) in [4.78, 5) is 25.5. The van der Waals surface area contributed by atoms with E-state index in [0.29, 0.717) is 48.5 Å². The Morgan fingerprint density at radius 3 is 2.67 bits per heavy atom. The number of hydrogen-bond donors (Lipinski definition) is 2. The van der Waals surface area contributed by atoms with Gasteiger partial charge in [-0.3, -0.25) is 20.2 Å². The van der Waals surface area contributed by atoms with Crippen molar-refractivity contribution in [3.05, 3.63) is 57.1 Å². The summed E-state index contributed by atoms with van der Waals surface area (Å²) in [6, 6.07) is 9.32. The molecule has 0 saturated carbocycles. The number of morpholine rings is 1. The Balaban J connectivity index is 1.73. The molecule has 1 aliphatic heterocycles. The first-order valence-electron chi connectivity index (χ1n) is 8.96. The number of hydrogen-bond acceptors (Lipinski definition) is 7. The number of methoxy groups -OCH3 is 1. The summed E-state index contributed by atoms with van der Waals surface area (Å²) in [6.45, 7) is 2.17. The van der Waals surface area contributed by atoms with E-state index in [4.69, 9.17) is 33.3 Å². The smallest absolute Gasteiger partial charge is 0.294 e. The van der Waals surface area contributed by atoms with E-state index in [-0.39, 0.29) is 16.4 Å². The van der Waals surface area contributed by atoms with Crippen molar-refractivity contribution in [2.75, 3.05) is 43.6 Å². The minimum absolute atomic E-state index is 0.0181. The lowest BCUT2D eigenvalue weighted by atomic mass is 10.2. The third kappa shape index (κ3) is 5.15. The Labute approximate surface area is 183 Å². The van der Waals surface area contributed by atoms with Crippen LogP contribution in [0.4, 0.5) is 17.1 Å². The summed E-state index contributed by atoms with van der Waals surface area (Å²) in [5, 5.41) is 17.2. The predicted molar refractivity (Wildman–Crippen MR) is 118 cm³/mol. The molecule has 1 heterocycles. The van der Waals surface area contributed by atoms with Gasteiger partial charge in [0.15, 0.2) is 5.11 Å². The molecular formula is C19H19ClN4O5S. The number of benzene rings is 2. The fraction of sp³-hybridized carbons (Fsp3) is 0.263. The molecule has 0 aliphatic carbocycles. The molecule has 1 amide bonds. The van der Waals surface area contributed by atoms with E-state index in [0.717, 1.165) is 0 Å². The Morgan fingerprint density at radius 2 is 2.00 bits per heavy atom. The zero-order valence-electron chi connectivity index (χ0n) is 16.0. The summed E-state index contributed by atoms with van der Waals surface area (Å²) in [7, 11) is 1.44. The van der Waals surface area contributed by atoms with Crippen molar-refractivity contribution in [2.45, 2.75) is 0 Å². The molecule has 2 aromatic carbocycles. The van der Waals surface area contributed by atoms with Gasteiger partial charge in [-0.15, -0.1) is 0 Å². The van der Waals surface area contributed by atoms with Gasteiger partial charge in [-0.1, -0.05) is 11.6 Å². The van der Waals surface area contributed by atoms with Crippen LogP contribution in [0.15, 0.2) is 36.4 Å². The SMILES string of the molecule is COc1ccc(Cl)cc1C(=O)NC(=S)Nc1ccc(N2CCOCC2)c([N+](=O)[O-])c1. The lowest BCUT2D eigenvalue weighted by Crippen LogP contribution is -2.36. The van der Waals surface area contributed by atoms with Gasteiger partial charge < -0.3 is 19.7 Å². The molecule has 3 rings (SSSR count). The van der Waals surface area contributed by atoms with Crippen molar-refractivity contribution < 1.29 is 19.2 Å². The van der Waals surface area contributed by atoms with Gasteiger partial charge in [0.05, 0.1) is 30.8 Å². The standard InChI is InChI=1S/C19H19ClN4O5S/c1-28-17-5-2-12(20)10-14(17)18(25)22-19(30)21-13-3-4-15(16(11-13)24(26)27)23-6-8-29-9-7-23/h2-5,10-11H,6-9H2,1H3,(H2,21,22,25,30). The van der Waals surface area contributed by atoms with Crippen molar-refractivity contribution in [2.24, 2.45) is 0 Å². The molecule has 0 spiro atoms. The highest BCUT2D eigenvalue weighted by atomic mass is 35.5. The van der Waals surface area contributed by atoms with Gasteiger partial charge in [-0.05, 0) is 42.5 Å². The molecular weight excluding hydrogens is 432 g/mol. The highest BCUT2D eigenvalue weighted by Gasteiger charge is 2.22. The molecule has 2 N–H and O–H groups in total. The number of nitrogens with zero attached hydrogens (tertiary/aromatic N) is 2. The first-order chi connectivity index (χ1) is 14.4. The van der Waals surface area contributed by atoms with Gasteiger partial charge in [0, 0.05) is 29.9 Å². The number of thiocarbonyl (C=S) groups is 1. The molecule has 11 heteroatoms. The van der Waals surface area contributed by atoms with Crippen LogP contribution in [0.5, 0.6) is 5.75 Å². The molecule has 0 unspecified atom stereocenters. The van der Waals surface area contributed by atoms with E-state index in [1.165, 1.54) is 19.2 Å². The lowest BCUT2D eigenvalue weighted by molar-refractivity contribution is -0.384. The molecule has 30 heavy (non-hydrogen) atoms. The number of anilines is 2. The van der Waals surface area contributed by atoms with Crippen molar-refractivity contribution >= 4 is 51.9 Å². The van der Waals surface area contributed by atoms with Crippen LogP contribution in [-0.4, -0.2) is 49.4 Å². The number of halogens is 1. The summed E-state index contributed by atoms with van der Waals surface area (Å²) in [5.41, 5.74) is 1.03. The quantitative estimate of drug-likeness (QED) is 0.406. The monoisotopic (exact) mass is 450 g/mol. The van der Waals surface area contributed by atoms with E-state index in [2.05, 4.69) is 10.6 Å². The predicted octanol–water partition coefficient (Wildman–Crippen LogP) is 3.22. The van der Waals surface area contributed by atoms with E-state index < -0.39 is 10.8 Å². The number of ether oxygens (including phenoxy) is 2. The molecule has 1 saturated heterocycles. The fourth-order valence-electron chi connectivity index (χ4n) is 3.01. The molecule has 0 aromatic heterocycles. The van der Waals surface area contributed by atoms with Crippen LogP contribution in [0.2, 0.25) is 5.02 Å². The third-order valence-electron chi connectivity index (χ3n) is 4.41. The Morgan fingerprint density at radius 1 is 1.27 bits per heavy atom. The van der Waals surface area contributed by atoms with Gasteiger partial charge in [0.2, 0.25) is 0 Å². The Bertz CT molecular complexity index is 981. The van der Waals surface area contributed by atoms with Gasteiger partial charge in [0.25, 0.3) is 11.6 Å². The van der Waals surface area contributed by atoms with Crippen molar-refractivity contribution in [1.82, 2.24) is 5.32 Å². The fourth-order valence-corrected chi connectivity index (χ4v) is 3.39. The second-order valence-electron chi connectivity index (χ2n) is 6.31. The van der Waals surface area contributed by atoms with Crippen molar-refractivity contribution in [3.8, 4) is 5.75 Å². The first kappa shape index (κ1) is 21.8. The molecule has 1 aliphatic rings. The van der Waals surface area contributed by atoms with Crippen LogP contribution in [0.1, 0.15) is 10.4 Å². The van der Waals surface area contributed by atoms with Gasteiger partial charge in [-0.25, -0.2) is 0 Å². The lowest BCUT2D eigenvalue weighted by Gasteiger charge is -2.28. The molecule has 0 bridgehead atoms. The van der Waals surface area contributed by atoms with Gasteiger partial charge >= 0.3 is 0 Å². The summed E-state index contributed by atoms with van der Waals surface area (Å²) >= 11 is 11.1. The van der Waals surface area contributed by atoms with Crippen LogP contribution in [0.3, 0.4) is 0 Å². The molecule has 1 fully saturated rings. The van der Waals surface area contributed by atoms with E-state index in [1.807, 2.05) is 4.90 Å². The summed E-state index contributed by atoms with van der Waals surface area (Å²) in [5.74, 6) is -0.184. The number of carbonyl (C=O) groups excluding carboxylic acids is 1.